The molecule has 0 radical (unpaired) electrons. The highest BCUT2D eigenvalue weighted by Gasteiger charge is 2.24. The summed E-state index contributed by atoms with van der Waals surface area (Å²) in [6.07, 6.45) is 1.02. The first-order valence-corrected chi connectivity index (χ1v) is 8.55. The molecule has 2 N–H and O–H groups in total. The molecule has 7 heteroatoms. The summed E-state index contributed by atoms with van der Waals surface area (Å²) in [5.41, 5.74) is 1.14. The zero-order chi connectivity index (χ0) is 18.4. The first kappa shape index (κ1) is 18.9. The number of carbonyl (C=O) groups excluding carboxylic acids is 2. The molecule has 2 rings (SSSR count). The molecular weight excluding hydrogens is 320 g/mol. The number of urea groups is 1. The van der Waals surface area contributed by atoms with Crippen LogP contribution in [0.15, 0.2) is 24.3 Å². The van der Waals surface area contributed by atoms with Crippen molar-refractivity contribution in [1.82, 2.24) is 15.5 Å². The normalized spacial score (nSPS) is 17.8. The van der Waals surface area contributed by atoms with E-state index < -0.39 is 6.04 Å². The van der Waals surface area contributed by atoms with Gasteiger partial charge in [0.2, 0.25) is 5.91 Å². The van der Waals surface area contributed by atoms with E-state index in [1.165, 1.54) is 4.90 Å². The third-order valence-electron chi connectivity index (χ3n) is 4.41. The summed E-state index contributed by atoms with van der Waals surface area (Å²) in [6, 6.07) is 7.17. The monoisotopic (exact) mass is 348 g/mol. The number of amides is 3. The number of carbonyl (C=O) groups is 2. The molecule has 1 aromatic carbocycles. The number of benzene rings is 1. The number of nitrogens with zero attached hydrogens (tertiary/aromatic N) is 2. The zero-order valence-corrected chi connectivity index (χ0v) is 15.4. The molecule has 1 aromatic rings. The molecule has 2 atom stereocenters. The van der Waals surface area contributed by atoms with Crippen LogP contribution in [0.4, 0.5) is 10.5 Å². The van der Waals surface area contributed by atoms with Gasteiger partial charge in [-0.15, -0.1) is 0 Å². The Labute approximate surface area is 149 Å². The van der Waals surface area contributed by atoms with Gasteiger partial charge >= 0.3 is 6.03 Å². The number of likely N-dealkylation sites (N-methyl/N-ethyl adjacent to an activating group) is 1. The highest BCUT2D eigenvalue weighted by Crippen LogP contribution is 2.26. The summed E-state index contributed by atoms with van der Waals surface area (Å²) in [7, 11) is 5.00. The predicted octanol–water partition coefficient (Wildman–Crippen LogP) is 1.30. The lowest BCUT2D eigenvalue weighted by Gasteiger charge is -2.20. The molecule has 1 aliphatic heterocycles. The summed E-state index contributed by atoms with van der Waals surface area (Å²) >= 11 is 0. The Morgan fingerprint density at radius 2 is 2.16 bits per heavy atom. The molecule has 0 unspecified atom stereocenters. The Balaban J connectivity index is 1.77. The van der Waals surface area contributed by atoms with Gasteiger partial charge in [-0.05, 0) is 31.4 Å². The Kier molecular flexibility index (Phi) is 6.50. The summed E-state index contributed by atoms with van der Waals surface area (Å²) in [4.78, 5) is 27.5. The van der Waals surface area contributed by atoms with E-state index in [0.29, 0.717) is 12.5 Å². The van der Waals surface area contributed by atoms with E-state index in [9.17, 15) is 9.59 Å². The highest BCUT2D eigenvalue weighted by molar-refractivity contribution is 5.86. The minimum atomic E-state index is -0.535. The summed E-state index contributed by atoms with van der Waals surface area (Å²) < 4.78 is 5.27. The third-order valence-corrected chi connectivity index (χ3v) is 4.41. The molecule has 0 spiro atoms. The summed E-state index contributed by atoms with van der Waals surface area (Å²) in [5.74, 6) is 1.11. The number of rotatable bonds is 6. The number of methoxy groups -OCH3 is 1. The zero-order valence-electron chi connectivity index (χ0n) is 15.4. The number of ether oxygens (including phenoxy) is 1. The average Bonchev–Trinajstić information content (AvgIpc) is 3.08. The van der Waals surface area contributed by atoms with E-state index in [0.717, 1.165) is 30.9 Å². The molecular formula is C18H28N4O3. The quantitative estimate of drug-likeness (QED) is 0.813. The maximum atomic E-state index is 11.9. The van der Waals surface area contributed by atoms with Gasteiger partial charge in [0, 0.05) is 45.5 Å². The molecule has 138 valence electrons. The van der Waals surface area contributed by atoms with E-state index in [1.807, 2.05) is 18.2 Å². The first-order valence-electron chi connectivity index (χ1n) is 8.55. The predicted molar refractivity (Wildman–Crippen MR) is 98.0 cm³/mol. The third kappa shape index (κ3) is 5.27. The molecule has 1 heterocycles. The standard InChI is InChI=1S/C18H28N4O3/c1-13(17(23)21(2)3)20-18(24)19-11-14-8-9-22(12-14)15-6-5-7-16(10-15)25-4/h5-7,10,13-14H,8-9,11-12H2,1-4H3,(H2,19,20,24)/t13-,14-/m0/s1. The van der Waals surface area contributed by atoms with Crippen molar-refractivity contribution >= 4 is 17.6 Å². The van der Waals surface area contributed by atoms with Crippen molar-refractivity contribution < 1.29 is 14.3 Å². The number of anilines is 1. The largest absolute Gasteiger partial charge is 0.497 e. The van der Waals surface area contributed by atoms with Crippen molar-refractivity contribution in [2.75, 3.05) is 45.7 Å². The topological polar surface area (TPSA) is 73.9 Å². The average molecular weight is 348 g/mol. The van der Waals surface area contributed by atoms with Gasteiger partial charge in [0.25, 0.3) is 0 Å². The van der Waals surface area contributed by atoms with Crippen LogP contribution in [0.25, 0.3) is 0 Å². The van der Waals surface area contributed by atoms with Gasteiger partial charge in [-0.2, -0.15) is 0 Å². The van der Waals surface area contributed by atoms with Gasteiger partial charge in [0.05, 0.1) is 7.11 Å². The minimum absolute atomic E-state index is 0.125. The van der Waals surface area contributed by atoms with E-state index in [2.05, 4.69) is 21.6 Å². The van der Waals surface area contributed by atoms with E-state index in [4.69, 9.17) is 4.74 Å². The van der Waals surface area contributed by atoms with Crippen molar-refractivity contribution in [3.63, 3.8) is 0 Å². The first-order chi connectivity index (χ1) is 11.9. The fourth-order valence-corrected chi connectivity index (χ4v) is 2.97. The summed E-state index contributed by atoms with van der Waals surface area (Å²) in [5, 5.41) is 5.54. The maximum absolute atomic E-state index is 11.9. The second-order valence-corrected chi connectivity index (χ2v) is 6.61. The van der Waals surface area contributed by atoms with Crippen LogP contribution in [-0.2, 0) is 4.79 Å². The van der Waals surface area contributed by atoms with Crippen LogP contribution in [0.3, 0.4) is 0 Å². The molecule has 1 fully saturated rings. The number of hydrogen-bond donors (Lipinski definition) is 2. The smallest absolute Gasteiger partial charge is 0.315 e. The fraction of sp³-hybridized carbons (Fsp3) is 0.556. The summed E-state index contributed by atoms with van der Waals surface area (Å²) in [6.45, 7) is 4.12. The van der Waals surface area contributed by atoms with E-state index in [1.54, 1.807) is 28.1 Å². The molecule has 7 nitrogen and oxygen atoms in total. The fourth-order valence-electron chi connectivity index (χ4n) is 2.97. The van der Waals surface area contributed by atoms with Gasteiger partial charge < -0.3 is 25.2 Å². The van der Waals surface area contributed by atoms with Crippen LogP contribution in [0.1, 0.15) is 13.3 Å². The van der Waals surface area contributed by atoms with Crippen molar-refractivity contribution in [3.05, 3.63) is 24.3 Å². The van der Waals surface area contributed by atoms with Crippen LogP contribution < -0.4 is 20.3 Å². The van der Waals surface area contributed by atoms with Crippen LogP contribution in [0.5, 0.6) is 5.75 Å². The second-order valence-electron chi connectivity index (χ2n) is 6.61. The number of hydrogen-bond acceptors (Lipinski definition) is 4. The van der Waals surface area contributed by atoms with Gasteiger partial charge in [0.15, 0.2) is 0 Å². The molecule has 25 heavy (non-hydrogen) atoms. The van der Waals surface area contributed by atoms with Crippen LogP contribution in [-0.4, -0.2) is 63.7 Å². The lowest BCUT2D eigenvalue weighted by molar-refractivity contribution is -0.130. The van der Waals surface area contributed by atoms with Crippen molar-refractivity contribution in [1.29, 1.82) is 0 Å². The molecule has 0 saturated carbocycles. The Morgan fingerprint density at radius 3 is 2.84 bits per heavy atom. The molecule has 1 saturated heterocycles. The van der Waals surface area contributed by atoms with Crippen LogP contribution in [0.2, 0.25) is 0 Å². The second kappa shape index (κ2) is 8.60. The van der Waals surface area contributed by atoms with Crippen molar-refractivity contribution in [2.24, 2.45) is 5.92 Å². The lowest BCUT2D eigenvalue weighted by Crippen LogP contribution is -2.48. The number of nitrogens with one attached hydrogen (secondary N) is 2. The highest BCUT2D eigenvalue weighted by atomic mass is 16.5. The van der Waals surface area contributed by atoms with Gasteiger partial charge in [0.1, 0.15) is 11.8 Å². The molecule has 0 aliphatic carbocycles. The van der Waals surface area contributed by atoms with Crippen molar-refractivity contribution in [2.45, 2.75) is 19.4 Å². The van der Waals surface area contributed by atoms with Gasteiger partial charge in [-0.1, -0.05) is 6.07 Å². The lowest BCUT2D eigenvalue weighted by atomic mass is 10.1. The van der Waals surface area contributed by atoms with Crippen LogP contribution in [0, 0.1) is 5.92 Å². The van der Waals surface area contributed by atoms with E-state index in [-0.39, 0.29) is 11.9 Å². The maximum Gasteiger partial charge on any atom is 0.315 e. The molecule has 3 amide bonds. The molecule has 0 aromatic heterocycles. The van der Waals surface area contributed by atoms with Crippen LogP contribution >= 0.6 is 0 Å². The van der Waals surface area contributed by atoms with E-state index >= 15 is 0 Å². The Bertz CT molecular complexity index is 606. The SMILES string of the molecule is COc1cccc(N2CC[C@@H](CNC(=O)N[C@@H](C)C(=O)N(C)C)C2)c1. The Hall–Kier alpha value is -2.44. The Morgan fingerprint density at radius 1 is 1.40 bits per heavy atom. The molecule has 1 aliphatic rings. The van der Waals surface area contributed by atoms with Crippen molar-refractivity contribution in [3.8, 4) is 5.75 Å². The van der Waals surface area contributed by atoms with Gasteiger partial charge in [-0.25, -0.2) is 4.79 Å². The molecule has 0 bridgehead atoms. The van der Waals surface area contributed by atoms with Gasteiger partial charge in [-0.3, -0.25) is 4.79 Å². The minimum Gasteiger partial charge on any atom is -0.497 e.